The summed E-state index contributed by atoms with van der Waals surface area (Å²) >= 11 is 0. The summed E-state index contributed by atoms with van der Waals surface area (Å²) in [6.45, 7) is 3.05. The van der Waals surface area contributed by atoms with Crippen LogP contribution in [0.4, 0.5) is 0 Å². The first-order chi connectivity index (χ1) is 13.8. The van der Waals surface area contributed by atoms with E-state index in [2.05, 4.69) is 31.6 Å². The van der Waals surface area contributed by atoms with E-state index in [1.807, 2.05) is 48.8 Å². The van der Waals surface area contributed by atoms with Crippen LogP contribution in [0.2, 0.25) is 0 Å². The summed E-state index contributed by atoms with van der Waals surface area (Å²) in [5, 5.41) is 11.4. The zero-order chi connectivity index (χ0) is 19.2. The second-order valence-corrected chi connectivity index (χ2v) is 7.15. The first-order valence-electron chi connectivity index (χ1n) is 9.62. The van der Waals surface area contributed by atoms with Crippen LogP contribution >= 0.6 is 0 Å². The molecular formula is C21H24N6O. The molecular weight excluding hydrogens is 352 g/mol. The molecule has 1 aliphatic rings. The number of hydrogen-bond acceptors (Lipinski definition) is 5. The van der Waals surface area contributed by atoms with Crippen molar-refractivity contribution < 1.29 is 4.79 Å². The van der Waals surface area contributed by atoms with Crippen molar-refractivity contribution in [1.29, 1.82) is 0 Å². The normalized spacial score (nSPS) is 15.4. The van der Waals surface area contributed by atoms with E-state index < -0.39 is 0 Å². The predicted molar refractivity (Wildman–Crippen MR) is 106 cm³/mol. The van der Waals surface area contributed by atoms with E-state index in [9.17, 15) is 4.79 Å². The smallest absolute Gasteiger partial charge is 0.242 e. The van der Waals surface area contributed by atoms with Gasteiger partial charge in [-0.3, -0.25) is 14.7 Å². The number of nitrogens with zero attached hydrogens (tertiary/aromatic N) is 5. The van der Waals surface area contributed by atoms with Crippen LogP contribution in [0, 0.1) is 0 Å². The maximum atomic E-state index is 12.4. The molecule has 3 heterocycles. The SMILES string of the molecule is O=C(Cn1cc(-c2ccccc2)nn1)NC1CCN(Cc2cccnc2)CC1. The third kappa shape index (κ3) is 4.80. The molecule has 4 rings (SSSR count). The fourth-order valence-electron chi connectivity index (χ4n) is 3.52. The molecule has 1 N–H and O–H groups in total. The van der Waals surface area contributed by atoms with Crippen LogP contribution in [0.3, 0.4) is 0 Å². The Hall–Kier alpha value is -3.06. The molecule has 1 amide bonds. The second kappa shape index (κ2) is 8.75. The summed E-state index contributed by atoms with van der Waals surface area (Å²) in [5.74, 6) is -0.0183. The third-order valence-electron chi connectivity index (χ3n) is 5.00. The van der Waals surface area contributed by atoms with Gasteiger partial charge in [0.25, 0.3) is 0 Å². The highest BCUT2D eigenvalue weighted by Gasteiger charge is 2.21. The lowest BCUT2D eigenvalue weighted by Crippen LogP contribution is -2.45. The van der Waals surface area contributed by atoms with Gasteiger partial charge < -0.3 is 5.32 Å². The molecule has 0 bridgehead atoms. The molecule has 0 atom stereocenters. The Morgan fingerprint density at radius 2 is 1.93 bits per heavy atom. The molecule has 7 nitrogen and oxygen atoms in total. The average molecular weight is 376 g/mol. The number of benzene rings is 1. The van der Waals surface area contributed by atoms with Crippen LogP contribution in [0.1, 0.15) is 18.4 Å². The molecule has 2 aromatic heterocycles. The highest BCUT2D eigenvalue weighted by atomic mass is 16.2. The maximum absolute atomic E-state index is 12.4. The molecule has 3 aromatic rings. The number of hydrogen-bond donors (Lipinski definition) is 1. The van der Waals surface area contributed by atoms with Gasteiger partial charge in [0, 0.05) is 43.6 Å². The van der Waals surface area contributed by atoms with Gasteiger partial charge in [-0.05, 0) is 24.5 Å². The fourth-order valence-corrected chi connectivity index (χ4v) is 3.52. The minimum Gasteiger partial charge on any atom is -0.352 e. The third-order valence-corrected chi connectivity index (χ3v) is 5.00. The van der Waals surface area contributed by atoms with Crippen LogP contribution in [0.25, 0.3) is 11.3 Å². The zero-order valence-electron chi connectivity index (χ0n) is 15.7. The summed E-state index contributed by atoms with van der Waals surface area (Å²) in [6, 6.07) is 14.1. The molecule has 144 valence electrons. The summed E-state index contributed by atoms with van der Waals surface area (Å²) in [4.78, 5) is 19.0. The van der Waals surface area contributed by atoms with Gasteiger partial charge in [0.1, 0.15) is 12.2 Å². The van der Waals surface area contributed by atoms with Crippen molar-refractivity contribution >= 4 is 5.91 Å². The highest BCUT2D eigenvalue weighted by Crippen LogP contribution is 2.15. The Bertz CT molecular complexity index is 888. The van der Waals surface area contributed by atoms with Crippen molar-refractivity contribution in [1.82, 2.24) is 30.2 Å². The van der Waals surface area contributed by atoms with Crippen LogP contribution in [-0.4, -0.2) is 49.9 Å². The van der Waals surface area contributed by atoms with Gasteiger partial charge in [-0.2, -0.15) is 0 Å². The lowest BCUT2D eigenvalue weighted by molar-refractivity contribution is -0.122. The highest BCUT2D eigenvalue weighted by molar-refractivity contribution is 5.76. The number of carbonyl (C=O) groups excluding carboxylic acids is 1. The number of pyridine rings is 1. The number of amides is 1. The van der Waals surface area contributed by atoms with E-state index in [-0.39, 0.29) is 18.5 Å². The van der Waals surface area contributed by atoms with Crippen LogP contribution in [0.5, 0.6) is 0 Å². The Kier molecular flexibility index (Phi) is 5.72. The van der Waals surface area contributed by atoms with Gasteiger partial charge in [-0.25, -0.2) is 4.68 Å². The van der Waals surface area contributed by atoms with Crippen molar-refractivity contribution in [2.24, 2.45) is 0 Å². The molecule has 0 aliphatic carbocycles. The lowest BCUT2D eigenvalue weighted by atomic mass is 10.0. The topological polar surface area (TPSA) is 75.9 Å². The Morgan fingerprint density at radius 1 is 1.11 bits per heavy atom. The molecule has 1 aromatic carbocycles. The van der Waals surface area contributed by atoms with Crippen molar-refractivity contribution in [3.8, 4) is 11.3 Å². The summed E-state index contributed by atoms with van der Waals surface area (Å²) in [6.07, 6.45) is 7.43. The molecule has 1 aliphatic heterocycles. The van der Waals surface area contributed by atoms with E-state index in [0.717, 1.165) is 43.7 Å². The summed E-state index contributed by atoms with van der Waals surface area (Å²) < 4.78 is 1.59. The predicted octanol–water partition coefficient (Wildman–Crippen LogP) is 2.12. The van der Waals surface area contributed by atoms with Crippen molar-refractivity contribution in [3.63, 3.8) is 0 Å². The minimum atomic E-state index is -0.0183. The molecule has 7 heteroatoms. The molecule has 0 saturated carbocycles. The quantitative estimate of drug-likeness (QED) is 0.713. The number of likely N-dealkylation sites (tertiary alicyclic amines) is 1. The fraction of sp³-hybridized carbons (Fsp3) is 0.333. The number of piperidine rings is 1. The van der Waals surface area contributed by atoms with Crippen LogP contribution in [0.15, 0.2) is 61.1 Å². The first kappa shape index (κ1) is 18.3. The molecule has 1 fully saturated rings. The molecule has 0 unspecified atom stereocenters. The average Bonchev–Trinajstić information content (AvgIpc) is 3.19. The summed E-state index contributed by atoms with van der Waals surface area (Å²) in [5.41, 5.74) is 3.00. The largest absolute Gasteiger partial charge is 0.352 e. The first-order valence-corrected chi connectivity index (χ1v) is 9.62. The van der Waals surface area contributed by atoms with Gasteiger partial charge in [0.05, 0.1) is 6.20 Å². The molecule has 0 spiro atoms. The lowest BCUT2D eigenvalue weighted by Gasteiger charge is -2.32. The molecule has 0 radical (unpaired) electrons. The van der Waals surface area contributed by atoms with Gasteiger partial charge in [0.2, 0.25) is 5.91 Å². The number of rotatable bonds is 6. The van der Waals surface area contributed by atoms with Gasteiger partial charge >= 0.3 is 0 Å². The van der Waals surface area contributed by atoms with Gasteiger partial charge in [-0.15, -0.1) is 5.10 Å². The van der Waals surface area contributed by atoms with Crippen molar-refractivity contribution in [2.75, 3.05) is 13.1 Å². The second-order valence-electron chi connectivity index (χ2n) is 7.15. The standard InChI is InChI=1S/C21H24N6O/c28-21(16-27-15-20(24-25-27)18-6-2-1-3-7-18)23-19-8-11-26(12-9-19)14-17-5-4-10-22-13-17/h1-7,10,13,15,19H,8-9,11-12,14,16H2,(H,23,28). The van der Waals surface area contributed by atoms with E-state index >= 15 is 0 Å². The summed E-state index contributed by atoms with van der Waals surface area (Å²) in [7, 11) is 0. The Balaban J connectivity index is 1.23. The van der Waals surface area contributed by atoms with E-state index in [1.54, 1.807) is 10.9 Å². The van der Waals surface area contributed by atoms with Gasteiger partial charge in [-0.1, -0.05) is 41.6 Å². The van der Waals surface area contributed by atoms with E-state index in [0.29, 0.717) is 0 Å². The maximum Gasteiger partial charge on any atom is 0.242 e. The number of nitrogens with one attached hydrogen (secondary N) is 1. The molecule has 28 heavy (non-hydrogen) atoms. The van der Waals surface area contributed by atoms with Crippen LogP contribution in [-0.2, 0) is 17.9 Å². The number of carbonyl (C=O) groups is 1. The Labute approximate surface area is 164 Å². The van der Waals surface area contributed by atoms with Gasteiger partial charge in [0.15, 0.2) is 0 Å². The monoisotopic (exact) mass is 376 g/mol. The van der Waals surface area contributed by atoms with Crippen molar-refractivity contribution in [3.05, 3.63) is 66.6 Å². The van der Waals surface area contributed by atoms with E-state index in [4.69, 9.17) is 0 Å². The number of aromatic nitrogens is 4. The Morgan fingerprint density at radius 3 is 2.68 bits per heavy atom. The molecule has 1 saturated heterocycles. The van der Waals surface area contributed by atoms with E-state index in [1.165, 1.54) is 5.56 Å². The minimum absolute atomic E-state index is 0.0183. The van der Waals surface area contributed by atoms with Crippen LogP contribution < -0.4 is 5.32 Å². The zero-order valence-corrected chi connectivity index (χ0v) is 15.7. The van der Waals surface area contributed by atoms with Crippen molar-refractivity contribution in [2.45, 2.75) is 32.0 Å².